The Labute approximate surface area is 131 Å². The molecule has 2 aromatic heterocycles. The van der Waals surface area contributed by atoms with Crippen molar-refractivity contribution >= 4 is 32.9 Å². The highest BCUT2D eigenvalue weighted by molar-refractivity contribution is 7.17. The summed E-state index contributed by atoms with van der Waals surface area (Å²) in [4.78, 5) is 12.8. The summed E-state index contributed by atoms with van der Waals surface area (Å²) in [7, 11) is 3.59. The predicted octanol–water partition coefficient (Wildman–Crippen LogP) is 3.49. The minimum Gasteiger partial charge on any atom is -0.350 e. The topological polar surface area (TPSA) is 64.2 Å². The molecule has 0 aliphatic carbocycles. The van der Waals surface area contributed by atoms with E-state index < -0.39 is 0 Å². The number of hydrogen-bond donors (Lipinski definition) is 0. The molecule has 0 aliphatic rings. The van der Waals surface area contributed by atoms with Crippen molar-refractivity contribution < 1.29 is 4.92 Å². The van der Waals surface area contributed by atoms with Crippen molar-refractivity contribution in [3.8, 4) is 0 Å². The molecular weight excluding hydrogens is 300 g/mol. The zero-order valence-electron chi connectivity index (χ0n) is 12.6. The molecule has 0 atom stereocenters. The summed E-state index contributed by atoms with van der Waals surface area (Å²) in [6, 6.07) is 8.19. The van der Waals surface area contributed by atoms with Gasteiger partial charge in [0.05, 0.1) is 4.92 Å². The van der Waals surface area contributed by atoms with E-state index in [0.29, 0.717) is 18.1 Å². The first-order chi connectivity index (χ1) is 10.5. The highest BCUT2D eigenvalue weighted by Gasteiger charge is 2.27. The van der Waals surface area contributed by atoms with E-state index in [-0.39, 0.29) is 10.6 Å². The van der Waals surface area contributed by atoms with Gasteiger partial charge in [-0.2, -0.15) is 5.10 Å². The first-order valence-corrected chi connectivity index (χ1v) is 7.71. The zero-order valence-corrected chi connectivity index (χ0v) is 13.4. The number of nitro groups is 1. The molecule has 0 saturated carbocycles. The van der Waals surface area contributed by atoms with Crippen LogP contribution in [0.4, 0.5) is 11.5 Å². The Morgan fingerprint density at radius 2 is 2.14 bits per heavy atom. The molecule has 0 saturated heterocycles. The lowest BCUT2D eigenvalue weighted by Crippen LogP contribution is -2.20. The Bertz CT molecular complexity index is 852. The number of benzene rings is 1. The number of thiophene rings is 1. The number of aromatic nitrogens is 2. The summed E-state index contributed by atoms with van der Waals surface area (Å²) in [6.45, 7) is 2.26. The number of fused-ring (bicyclic) bond motifs is 1. The van der Waals surface area contributed by atoms with E-state index in [0.717, 1.165) is 5.56 Å². The third kappa shape index (κ3) is 2.33. The molecule has 0 spiro atoms. The van der Waals surface area contributed by atoms with Gasteiger partial charge in [0.25, 0.3) is 0 Å². The Balaban J connectivity index is 1.99. The van der Waals surface area contributed by atoms with Crippen LogP contribution in [0.1, 0.15) is 11.3 Å². The van der Waals surface area contributed by atoms with Gasteiger partial charge in [-0.25, -0.2) is 4.68 Å². The monoisotopic (exact) mass is 316 g/mol. The van der Waals surface area contributed by atoms with E-state index in [1.165, 1.54) is 10.1 Å². The second kappa shape index (κ2) is 5.42. The first-order valence-electron chi connectivity index (χ1n) is 6.83. The Morgan fingerprint density at radius 3 is 2.86 bits per heavy atom. The highest BCUT2D eigenvalue weighted by atomic mass is 32.1. The number of nitrogens with zero attached hydrogens (tertiary/aromatic N) is 4. The summed E-state index contributed by atoms with van der Waals surface area (Å²) >= 11 is 1.69. The average Bonchev–Trinajstić information content (AvgIpc) is 3.00. The van der Waals surface area contributed by atoms with Crippen LogP contribution in [0.25, 0.3) is 10.1 Å². The van der Waals surface area contributed by atoms with E-state index in [2.05, 4.69) is 22.6 Å². The van der Waals surface area contributed by atoms with Crippen molar-refractivity contribution in [3.63, 3.8) is 0 Å². The summed E-state index contributed by atoms with van der Waals surface area (Å²) in [5.74, 6) is 0.526. The van der Waals surface area contributed by atoms with E-state index >= 15 is 0 Å². The first kappa shape index (κ1) is 14.5. The molecule has 0 amide bonds. The molecule has 3 aromatic rings. The SMILES string of the molecule is Cc1nn(C)c(N(C)Cc2csc3ccccc23)c1[N+](=O)[O-]. The smallest absolute Gasteiger partial charge is 0.333 e. The molecule has 2 heterocycles. The molecule has 22 heavy (non-hydrogen) atoms. The maximum atomic E-state index is 11.3. The van der Waals surface area contributed by atoms with E-state index in [4.69, 9.17) is 0 Å². The second-order valence-electron chi connectivity index (χ2n) is 5.25. The van der Waals surface area contributed by atoms with Crippen LogP contribution in [0.5, 0.6) is 0 Å². The molecule has 114 valence electrons. The van der Waals surface area contributed by atoms with Gasteiger partial charge in [0.15, 0.2) is 0 Å². The van der Waals surface area contributed by atoms with Crippen molar-refractivity contribution in [2.24, 2.45) is 7.05 Å². The fourth-order valence-electron chi connectivity index (χ4n) is 2.76. The average molecular weight is 316 g/mol. The third-order valence-corrected chi connectivity index (χ3v) is 4.69. The largest absolute Gasteiger partial charge is 0.350 e. The number of rotatable bonds is 4. The van der Waals surface area contributed by atoms with Crippen LogP contribution in [-0.4, -0.2) is 21.8 Å². The van der Waals surface area contributed by atoms with E-state index in [1.807, 2.05) is 24.1 Å². The van der Waals surface area contributed by atoms with E-state index in [9.17, 15) is 10.1 Å². The Morgan fingerprint density at radius 1 is 1.41 bits per heavy atom. The quantitative estimate of drug-likeness (QED) is 0.546. The van der Waals surface area contributed by atoms with Gasteiger partial charge in [-0.1, -0.05) is 18.2 Å². The summed E-state index contributed by atoms with van der Waals surface area (Å²) in [6.07, 6.45) is 0. The van der Waals surface area contributed by atoms with Gasteiger partial charge >= 0.3 is 5.69 Å². The number of anilines is 1. The fraction of sp³-hybridized carbons (Fsp3) is 0.267. The van der Waals surface area contributed by atoms with Gasteiger partial charge in [-0.05, 0) is 29.3 Å². The third-order valence-electron chi connectivity index (χ3n) is 3.67. The van der Waals surface area contributed by atoms with Crippen LogP contribution < -0.4 is 4.90 Å². The molecule has 6 nitrogen and oxygen atoms in total. The molecule has 1 aromatic carbocycles. The van der Waals surface area contributed by atoms with Crippen LogP contribution in [0.15, 0.2) is 29.6 Å². The van der Waals surface area contributed by atoms with Crippen LogP contribution in [0.2, 0.25) is 0 Å². The van der Waals surface area contributed by atoms with Crippen LogP contribution in [0.3, 0.4) is 0 Å². The lowest BCUT2D eigenvalue weighted by Gasteiger charge is -2.18. The van der Waals surface area contributed by atoms with Gasteiger partial charge in [0.1, 0.15) is 5.69 Å². The zero-order chi connectivity index (χ0) is 15.9. The lowest BCUT2D eigenvalue weighted by molar-refractivity contribution is -0.384. The predicted molar refractivity (Wildman–Crippen MR) is 88.5 cm³/mol. The molecular formula is C15H16N4O2S. The van der Waals surface area contributed by atoms with Crippen LogP contribution in [0, 0.1) is 17.0 Å². The molecule has 3 rings (SSSR count). The van der Waals surface area contributed by atoms with Crippen molar-refractivity contribution in [1.29, 1.82) is 0 Å². The highest BCUT2D eigenvalue weighted by Crippen LogP contribution is 2.33. The van der Waals surface area contributed by atoms with Gasteiger partial charge < -0.3 is 4.90 Å². The van der Waals surface area contributed by atoms with Crippen molar-refractivity contribution in [3.05, 3.63) is 51.0 Å². The van der Waals surface area contributed by atoms with Crippen LogP contribution >= 0.6 is 11.3 Å². The van der Waals surface area contributed by atoms with Gasteiger partial charge in [0, 0.05) is 25.3 Å². The number of hydrogen-bond acceptors (Lipinski definition) is 5. The normalized spacial score (nSPS) is 11.0. The molecule has 0 radical (unpaired) electrons. The Hall–Kier alpha value is -2.41. The Kier molecular flexibility index (Phi) is 3.58. The van der Waals surface area contributed by atoms with Crippen molar-refractivity contribution in [2.45, 2.75) is 13.5 Å². The van der Waals surface area contributed by atoms with Crippen LogP contribution in [-0.2, 0) is 13.6 Å². The molecule has 0 unspecified atom stereocenters. The number of aryl methyl sites for hydroxylation is 2. The van der Waals surface area contributed by atoms with Crippen molar-refractivity contribution in [2.75, 3.05) is 11.9 Å². The summed E-state index contributed by atoms with van der Waals surface area (Å²) in [5.41, 5.74) is 1.67. The van der Waals surface area contributed by atoms with Gasteiger partial charge in [-0.15, -0.1) is 11.3 Å². The minimum absolute atomic E-state index is 0.0736. The minimum atomic E-state index is -0.361. The standard InChI is InChI=1S/C15H16N4O2S/c1-10-14(19(20)21)15(18(3)16-10)17(2)8-11-9-22-13-7-5-4-6-12(11)13/h4-7,9H,8H2,1-3H3. The molecule has 0 aliphatic heterocycles. The maximum absolute atomic E-state index is 11.3. The van der Waals surface area contributed by atoms with Gasteiger partial charge in [0.2, 0.25) is 5.82 Å². The summed E-state index contributed by atoms with van der Waals surface area (Å²) in [5, 5.41) is 18.8. The molecule has 0 N–H and O–H groups in total. The fourth-order valence-corrected chi connectivity index (χ4v) is 3.72. The van der Waals surface area contributed by atoms with Gasteiger partial charge in [-0.3, -0.25) is 10.1 Å². The second-order valence-corrected chi connectivity index (χ2v) is 6.16. The molecule has 7 heteroatoms. The molecule has 0 fully saturated rings. The maximum Gasteiger partial charge on any atom is 0.333 e. The summed E-state index contributed by atoms with van der Waals surface area (Å²) < 4.78 is 2.80. The lowest BCUT2D eigenvalue weighted by atomic mass is 10.1. The molecule has 0 bridgehead atoms. The van der Waals surface area contributed by atoms with Crippen molar-refractivity contribution in [1.82, 2.24) is 9.78 Å². The van der Waals surface area contributed by atoms with E-state index in [1.54, 1.807) is 30.0 Å².